The van der Waals surface area contributed by atoms with Gasteiger partial charge in [-0.2, -0.15) is 0 Å². The Morgan fingerprint density at radius 2 is 1.61 bits per heavy atom. The van der Waals surface area contributed by atoms with Crippen LogP contribution in [-0.4, -0.2) is 120 Å². The first kappa shape index (κ1) is 33.7. The van der Waals surface area contributed by atoms with Crippen LogP contribution in [0.5, 0.6) is 0 Å². The van der Waals surface area contributed by atoms with Crippen LogP contribution < -0.4 is 0 Å². The maximum atomic E-state index is 14.9. The second-order valence-corrected chi connectivity index (χ2v) is 15.8. The maximum Gasteiger partial charge on any atom is 0.252 e. The smallest absolute Gasteiger partial charge is 0.252 e. The van der Waals surface area contributed by atoms with Crippen molar-refractivity contribution in [1.82, 2.24) is 19.6 Å². The number of hydrogen-bond acceptors (Lipinski definition) is 5. The largest absolute Gasteiger partial charge is 0.659 e. The third kappa shape index (κ3) is 7.13. The van der Waals surface area contributed by atoms with Crippen LogP contribution in [-0.2, 0) is 19.1 Å². The summed E-state index contributed by atoms with van der Waals surface area (Å²) in [7, 11) is 0. The van der Waals surface area contributed by atoms with E-state index in [-0.39, 0.29) is 47.2 Å². The lowest BCUT2D eigenvalue weighted by molar-refractivity contribution is -0.148. The van der Waals surface area contributed by atoms with Crippen LogP contribution in [0.3, 0.4) is 0 Å². The van der Waals surface area contributed by atoms with Gasteiger partial charge < -0.3 is 24.8 Å². The molecule has 0 aromatic heterocycles. The number of nitrogens with zero attached hydrogens (tertiary/aromatic N) is 5. The Morgan fingerprint density at radius 3 is 2.24 bits per heavy atom. The van der Waals surface area contributed by atoms with Gasteiger partial charge in [0.25, 0.3) is 5.91 Å². The van der Waals surface area contributed by atoms with Crippen molar-refractivity contribution in [1.29, 1.82) is 0 Å². The number of carbonyl (C=O) groups excluding carboxylic acids is 3. The quantitative estimate of drug-likeness (QED) is 0.435. The molecule has 5 atom stereocenters. The summed E-state index contributed by atoms with van der Waals surface area (Å²) in [5.74, 6) is 0.408. The Labute approximate surface area is 280 Å². The van der Waals surface area contributed by atoms with Crippen molar-refractivity contribution in [3.63, 3.8) is 0 Å². The Hall–Kier alpha value is -2.20. The molecule has 1 unspecified atom stereocenters. The van der Waals surface area contributed by atoms with E-state index in [0.29, 0.717) is 63.2 Å². The minimum atomic E-state index is -0.590. The molecule has 0 radical (unpaired) electrons. The number of carbonyl (C=O) groups is 3. The van der Waals surface area contributed by atoms with Gasteiger partial charge >= 0.3 is 0 Å². The van der Waals surface area contributed by atoms with Gasteiger partial charge in [-0.25, -0.2) is 0 Å². The molecule has 3 amide bonds. The highest BCUT2D eigenvalue weighted by Gasteiger charge is 2.51. The molecule has 46 heavy (non-hydrogen) atoms. The summed E-state index contributed by atoms with van der Waals surface area (Å²) in [6.45, 7) is 13.7. The van der Waals surface area contributed by atoms with E-state index in [2.05, 4.69) is 42.8 Å². The molecule has 0 bridgehead atoms. The molecule has 6 rings (SSSR count). The summed E-state index contributed by atoms with van der Waals surface area (Å²) in [6, 6.07) is 7.19. The minimum Gasteiger partial charge on any atom is -0.659 e. The molecule has 0 spiro atoms. The van der Waals surface area contributed by atoms with E-state index in [1.54, 1.807) is 0 Å². The molecule has 4 aliphatic heterocycles. The summed E-state index contributed by atoms with van der Waals surface area (Å²) in [5.41, 5.74) is 0.986. The zero-order valence-electron chi connectivity index (χ0n) is 28.2. The molecule has 4 saturated heterocycles. The monoisotopic (exact) mass is 654 g/mol. The molecule has 4 heterocycles. The van der Waals surface area contributed by atoms with Gasteiger partial charge in [-0.3, -0.25) is 19.3 Å². The molecule has 1 aliphatic carbocycles. The zero-order valence-corrected chi connectivity index (χ0v) is 29.0. The summed E-state index contributed by atoms with van der Waals surface area (Å²) >= 11 is 6.26. The summed E-state index contributed by atoms with van der Waals surface area (Å²) in [5, 5.41) is 5.13. The van der Waals surface area contributed by atoms with Crippen LogP contribution in [0, 0.1) is 11.8 Å². The van der Waals surface area contributed by atoms with E-state index in [1.807, 2.05) is 34.1 Å². The van der Waals surface area contributed by atoms with Crippen LogP contribution in [0.2, 0.25) is 5.02 Å². The Bertz CT molecular complexity index is 1230. The highest BCUT2D eigenvalue weighted by atomic mass is 35.5. The number of halogens is 1. The van der Waals surface area contributed by atoms with Crippen molar-refractivity contribution in [2.75, 3.05) is 52.4 Å². The van der Waals surface area contributed by atoms with Gasteiger partial charge in [0.05, 0.1) is 12.0 Å². The lowest BCUT2D eigenvalue weighted by Crippen LogP contribution is -2.53. The van der Waals surface area contributed by atoms with E-state index in [9.17, 15) is 14.4 Å². The molecular formula is C36H53ClN5O4-. The summed E-state index contributed by atoms with van der Waals surface area (Å²) in [6.07, 6.45) is 5.76. The van der Waals surface area contributed by atoms with Crippen molar-refractivity contribution < 1.29 is 19.1 Å². The minimum absolute atomic E-state index is 0.00116. The van der Waals surface area contributed by atoms with Gasteiger partial charge in [0.2, 0.25) is 11.8 Å². The maximum absolute atomic E-state index is 14.9. The molecule has 9 nitrogen and oxygen atoms in total. The highest BCUT2D eigenvalue weighted by molar-refractivity contribution is 6.30. The predicted molar refractivity (Wildman–Crippen MR) is 180 cm³/mol. The van der Waals surface area contributed by atoms with Crippen LogP contribution in [0.25, 0.3) is 5.32 Å². The molecule has 1 aromatic rings. The fraction of sp³-hybridized carbons (Fsp3) is 0.750. The van der Waals surface area contributed by atoms with Crippen molar-refractivity contribution >= 4 is 29.3 Å². The molecule has 5 fully saturated rings. The second-order valence-electron chi connectivity index (χ2n) is 15.4. The highest BCUT2D eigenvalue weighted by Crippen LogP contribution is 2.40. The topological polar surface area (TPSA) is 87.5 Å². The van der Waals surface area contributed by atoms with Gasteiger partial charge in [-0.1, -0.05) is 30.7 Å². The first-order valence-electron chi connectivity index (χ1n) is 17.7. The second kappa shape index (κ2) is 14.1. The van der Waals surface area contributed by atoms with E-state index in [1.165, 1.54) is 0 Å². The Kier molecular flexibility index (Phi) is 10.3. The van der Waals surface area contributed by atoms with Gasteiger partial charge in [-0.05, 0) is 89.3 Å². The van der Waals surface area contributed by atoms with Gasteiger partial charge in [0.1, 0.15) is 12.1 Å². The van der Waals surface area contributed by atoms with Crippen molar-refractivity contribution in [2.45, 2.75) is 108 Å². The van der Waals surface area contributed by atoms with Gasteiger partial charge in [0, 0.05) is 61.9 Å². The number of rotatable bonds is 6. The van der Waals surface area contributed by atoms with Crippen molar-refractivity contribution in [2.24, 2.45) is 11.8 Å². The third-order valence-electron chi connectivity index (χ3n) is 11.3. The number of piperazine rings is 1. The standard InChI is InChI=1S/C36H53ClN5O4/c1-24-7-13-27(14-8-24)42(35(45)32-6-5-19-46-32)28-20-31(34(44)39-17-15-38-16-18-39)41(21-28)33(43)30-23-40(36(2,3)4)22-29(30)25-9-11-26(37)12-10-25/h9-12,24,27-32H,5-8,13-23H2,1-4H3/q-1/t24?,27?,28-,29-,30?,31-,32-/m0/s1. The lowest BCUT2D eigenvalue weighted by Gasteiger charge is -2.41. The number of hydrogen-bond donors (Lipinski definition) is 0. The molecule has 10 heteroatoms. The van der Waals surface area contributed by atoms with Gasteiger partial charge in [-0.15, -0.1) is 13.1 Å². The number of amides is 3. The van der Waals surface area contributed by atoms with Gasteiger partial charge in [0.15, 0.2) is 0 Å². The van der Waals surface area contributed by atoms with Crippen molar-refractivity contribution in [3.8, 4) is 0 Å². The predicted octanol–water partition coefficient (Wildman–Crippen LogP) is 4.93. The normalized spacial score (nSPS) is 32.6. The summed E-state index contributed by atoms with van der Waals surface area (Å²) in [4.78, 5) is 51.7. The number of ether oxygens (including phenoxy) is 1. The van der Waals surface area contributed by atoms with E-state index in [4.69, 9.17) is 16.3 Å². The SMILES string of the molecule is CC1CCC(N(C(=O)[C@@H]2CCCO2)[C@H]2C[C@@H](C(=O)N3CC[N-]CC3)N(C(=O)C3CN(C(C)(C)C)C[C@H]3c3ccc(Cl)cc3)C2)CC1. The molecular weight excluding hydrogens is 602 g/mol. The third-order valence-corrected chi connectivity index (χ3v) is 11.6. The Morgan fingerprint density at radius 1 is 0.913 bits per heavy atom. The van der Waals surface area contributed by atoms with Crippen LogP contribution in [0.4, 0.5) is 0 Å². The molecule has 1 aromatic carbocycles. The average Bonchev–Trinajstić information content (AvgIpc) is 3.83. The van der Waals surface area contributed by atoms with Crippen LogP contribution >= 0.6 is 11.6 Å². The molecule has 254 valence electrons. The van der Waals surface area contributed by atoms with Crippen LogP contribution in [0.15, 0.2) is 24.3 Å². The molecule has 1 saturated carbocycles. The lowest BCUT2D eigenvalue weighted by atomic mass is 9.85. The summed E-state index contributed by atoms with van der Waals surface area (Å²) < 4.78 is 5.94. The van der Waals surface area contributed by atoms with Crippen LogP contribution in [0.1, 0.15) is 84.1 Å². The van der Waals surface area contributed by atoms with Crippen molar-refractivity contribution in [3.05, 3.63) is 40.2 Å². The van der Waals surface area contributed by atoms with E-state index < -0.39 is 12.1 Å². The molecule has 5 aliphatic rings. The Balaban J connectivity index is 1.32. The first-order valence-corrected chi connectivity index (χ1v) is 18.1. The zero-order chi connectivity index (χ0) is 32.6. The number of likely N-dealkylation sites (tertiary alicyclic amines) is 2. The molecule has 0 N–H and O–H groups in total. The van der Waals surface area contributed by atoms with E-state index >= 15 is 0 Å². The average molecular weight is 655 g/mol. The fourth-order valence-corrected chi connectivity index (χ4v) is 8.64. The number of benzene rings is 1. The van der Waals surface area contributed by atoms with E-state index in [0.717, 1.165) is 50.6 Å². The fourth-order valence-electron chi connectivity index (χ4n) is 8.51. The first-order chi connectivity index (χ1) is 22.0.